The number of halogens is 1. The summed E-state index contributed by atoms with van der Waals surface area (Å²) in [5.41, 5.74) is 1.56. The molecule has 0 aliphatic carbocycles. The minimum absolute atomic E-state index is 0.114. The van der Waals surface area contributed by atoms with Crippen LogP contribution in [0.1, 0.15) is 26.1 Å². The Balaban J connectivity index is 1.69. The van der Waals surface area contributed by atoms with Crippen LogP contribution in [-0.2, 0) is 11.3 Å². The molecule has 0 atom stereocenters. The van der Waals surface area contributed by atoms with E-state index in [2.05, 4.69) is 4.98 Å². The number of aromatic nitrogens is 1. The second kappa shape index (κ2) is 6.34. The number of thiazole rings is 1. The maximum atomic E-state index is 12.9. The van der Waals surface area contributed by atoms with Crippen LogP contribution in [0.5, 0.6) is 0 Å². The summed E-state index contributed by atoms with van der Waals surface area (Å²) in [6, 6.07) is 9.06. The van der Waals surface area contributed by atoms with Gasteiger partial charge in [0, 0.05) is 5.56 Å². The molecule has 3 aromatic rings. The van der Waals surface area contributed by atoms with E-state index in [1.165, 1.54) is 23.5 Å². The Bertz CT molecular complexity index is 836. The highest BCUT2D eigenvalue weighted by atomic mass is 32.1. The summed E-state index contributed by atoms with van der Waals surface area (Å²) in [4.78, 5) is 17.2. The van der Waals surface area contributed by atoms with E-state index in [4.69, 9.17) is 9.15 Å². The number of furan rings is 1. The third kappa shape index (κ3) is 3.48. The topological polar surface area (TPSA) is 52.3 Å². The van der Waals surface area contributed by atoms with Crippen molar-refractivity contribution >= 4 is 17.3 Å². The summed E-state index contributed by atoms with van der Waals surface area (Å²) in [5, 5.41) is 0.935. The zero-order chi connectivity index (χ0) is 16.4. The average molecular weight is 331 g/mol. The zero-order valence-corrected chi connectivity index (χ0v) is 13.4. The van der Waals surface area contributed by atoms with E-state index in [9.17, 15) is 9.18 Å². The highest BCUT2D eigenvalue weighted by molar-refractivity contribution is 7.11. The van der Waals surface area contributed by atoms with Gasteiger partial charge >= 0.3 is 5.97 Å². The minimum atomic E-state index is -0.538. The third-order valence-corrected chi connectivity index (χ3v) is 4.32. The fraction of sp³-hybridized carbons (Fsp3) is 0.176. The molecule has 4 nitrogen and oxygen atoms in total. The number of nitrogens with zero attached hydrogens (tertiary/aromatic N) is 1. The molecule has 0 unspecified atom stereocenters. The second-order valence-electron chi connectivity index (χ2n) is 4.99. The fourth-order valence-corrected chi connectivity index (χ4v) is 2.98. The van der Waals surface area contributed by atoms with Crippen molar-refractivity contribution < 1.29 is 18.3 Å². The van der Waals surface area contributed by atoms with Crippen LogP contribution >= 0.6 is 11.3 Å². The van der Waals surface area contributed by atoms with E-state index in [1.807, 2.05) is 13.8 Å². The molecule has 23 heavy (non-hydrogen) atoms. The minimum Gasteiger partial charge on any atom is -0.454 e. The lowest BCUT2D eigenvalue weighted by molar-refractivity contribution is 0.0440. The molecule has 1 aromatic carbocycles. The van der Waals surface area contributed by atoms with E-state index in [0.717, 1.165) is 15.6 Å². The number of esters is 1. The van der Waals surface area contributed by atoms with Gasteiger partial charge in [0.25, 0.3) is 0 Å². The van der Waals surface area contributed by atoms with Crippen LogP contribution in [0.4, 0.5) is 4.39 Å². The SMILES string of the molecule is Cc1nc(C)c(COC(=O)c2ccc(-c3ccc(F)cc3)o2)s1. The average Bonchev–Trinajstić information content (AvgIpc) is 3.12. The molecule has 2 aromatic heterocycles. The van der Waals surface area contributed by atoms with Gasteiger partial charge in [0.2, 0.25) is 5.76 Å². The Morgan fingerprint density at radius 2 is 1.96 bits per heavy atom. The van der Waals surface area contributed by atoms with Crippen LogP contribution in [0, 0.1) is 19.7 Å². The van der Waals surface area contributed by atoms with Crippen molar-refractivity contribution in [3.63, 3.8) is 0 Å². The van der Waals surface area contributed by atoms with Gasteiger partial charge in [-0.1, -0.05) is 0 Å². The number of rotatable bonds is 4. The van der Waals surface area contributed by atoms with Crippen molar-refractivity contribution in [2.45, 2.75) is 20.5 Å². The second-order valence-corrected chi connectivity index (χ2v) is 6.28. The Morgan fingerprint density at radius 1 is 1.22 bits per heavy atom. The molecule has 6 heteroatoms. The normalized spacial score (nSPS) is 10.7. The summed E-state index contributed by atoms with van der Waals surface area (Å²) < 4.78 is 23.7. The molecule has 0 spiro atoms. The third-order valence-electron chi connectivity index (χ3n) is 3.27. The lowest BCUT2D eigenvalue weighted by Gasteiger charge is -2.01. The van der Waals surface area contributed by atoms with Crippen molar-refractivity contribution in [3.8, 4) is 11.3 Å². The van der Waals surface area contributed by atoms with E-state index in [0.29, 0.717) is 11.3 Å². The lowest BCUT2D eigenvalue weighted by Crippen LogP contribution is -2.03. The van der Waals surface area contributed by atoms with Crippen molar-refractivity contribution in [2.24, 2.45) is 0 Å². The van der Waals surface area contributed by atoms with Crippen molar-refractivity contribution in [2.75, 3.05) is 0 Å². The first-order valence-electron chi connectivity index (χ1n) is 6.99. The molecule has 0 amide bonds. The van der Waals surface area contributed by atoms with Crippen molar-refractivity contribution in [1.29, 1.82) is 0 Å². The van der Waals surface area contributed by atoms with Crippen LogP contribution < -0.4 is 0 Å². The Labute approximate surface area is 136 Å². The fourth-order valence-electron chi connectivity index (χ4n) is 2.13. The number of benzene rings is 1. The van der Waals surface area contributed by atoms with Gasteiger partial charge in [-0.05, 0) is 50.2 Å². The van der Waals surface area contributed by atoms with Crippen LogP contribution in [0.3, 0.4) is 0 Å². The number of ether oxygens (including phenoxy) is 1. The number of hydrogen-bond acceptors (Lipinski definition) is 5. The van der Waals surface area contributed by atoms with Gasteiger partial charge in [0.05, 0.1) is 15.6 Å². The highest BCUT2D eigenvalue weighted by Crippen LogP contribution is 2.24. The molecule has 118 valence electrons. The molecule has 0 saturated carbocycles. The van der Waals surface area contributed by atoms with Crippen molar-refractivity contribution in [3.05, 3.63) is 63.6 Å². The van der Waals surface area contributed by atoms with E-state index in [-0.39, 0.29) is 18.2 Å². The summed E-state index contributed by atoms with van der Waals surface area (Å²) >= 11 is 1.50. The van der Waals surface area contributed by atoms with Crippen LogP contribution in [-0.4, -0.2) is 11.0 Å². The van der Waals surface area contributed by atoms with E-state index in [1.54, 1.807) is 24.3 Å². The Morgan fingerprint density at radius 3 is 2.61 bits per heavy atom. The maximum absolute atomic E-state index is 12.9. The first kappa shape index (κ1) is 15.4. The maximum Gasteiger partial charge on any atom is 0.374 e. The number of hydrogen-bond donors (Lipinski definition) is 0. The van der Waals surface area contributed by atoms with Crippen LogP contribution in [0.25, 0.3) is 11.3 Å². The van der Waals surface area contributed by atoms with Crippen LogP contribution in [0.2, 0.25) is 0 Å². The van der Waals surface area contributed by atoms with Crippen LogP contribution in [0.15, 0.2) is 40.8 Å². The first-order chi connectivity index (χ1) is 11.0. The molecule has 0 N–H and O–H groups in total. The number of carbonyl (C=O) groups is 1. The van der Waals surface area contributed by atoms with Gasteiger partial charge in [-0.3, -0.25) is 0 Å². The summed E-state index contributed by atoms with van der Waals surface area (Å²) in [6.07, 6.45) is 0. The van der Waals surface area contributed by atoms with E-state index >= 15 is 0 Å². The van der Waals surface area contributed by atoms with E-state index < -0.39 is 5.97 Å². The largest absolute Gasteiger partial charge is 0.454 e. The smallest absolute Gasteiger partial charge is 0.374 e. The number of carbonyl (C=O) groups excluding carboxylic acids is 1. The first-order valence-corrected chi connectivity index (χ1v) is 7.80. The molecule has 2 heterocycles. The highest BCUT2D eigenvalue weighted by Gasteiger charge is 2.15. The molecule has 0 aliphatic rings. The summed E-state index contributed by atoms with van der Waals surface area (Å²) in [6.45, 7) is 3.96. The lowest BCUT2D eigenvalue weighted by atomic mass is 10.2. The summed E-state index contributed by atoms with van der Waals surface area (Å²) in [5.74, 6) is -0.260. The van der Waals surface area contributed by atoms with Gasteiger partial charge in [0.15, 0.2) is 0 Å². The molecule has 0 aliphatic heterocycles. The molecule has 0 radical (unpaired) electrons. The van der Waals surface area contributed by atoms with Gasteiger partial charge < -0.3 is 9.15 Å². The molecule has 0 fully saturated rings. The van der Waals surface area contributed by atoms with Gasteiger partial charge in [-0.15, -0.1) is 11.3 Å². The number of aryl methyl sites for hydroxylation is 2. The molecular weight excluding hydrogens is 317 g/mol. The van der Waals surface area contributed by atoms with Gasteiger partial charge in [-0.25, -0.2) is 14.2 Å². The predicted octanol–water partition coefficient (Wildman–Crippen LogP) is 4.52. The molecule has 3 rings (SSSR count). The predicted molar refractivity (Wildman–Crippen MR) is 84.8 cm³/mol. The molecule has 0 bridgehead atoms. The van der Waals surface area contributed by atoms with Gasteiger partial charge in [-0.2, -0.15) is 0 Å². The van der Waals surface area contributed by atoms with Crippen molar-refractivity contribution in [1.82, 2.24) is 4.98 Å². The summed E-state index contributed by atoms with van der Waals surface area (Å²) in [7, 11) is 0. The monoisotopic (exact) mass is 331 g/mol. The standard InChI is InChI=1S/C17H14FNO3S/c1-10-16(23-11(2)19-10)9-21-17(20)15-8-7-14(22-15)12-3-5-13(18)6-4-12/h3-8H,9H2,1-2H3. The Hall–Kier alpha value is -2.47. The molecular formula is C17H14FNO3S. The molecule has 0 saturated heterocycles. The Kier molecular flexibility index (Phi) is 4.25. The quantitative estimate of drug-likeness (QED) is 0.660. The zero-order valence-electron chi connectivity index (χ0n) is 12.6. The van der Waals surface area contributed by atoms with Gasteiger partial charge in [0.1, 0.15) is 18.2 Å².